The lowest BCUT2D eigenvalue weighted by molar-refractivity contribution is 0.162. The van der Waals surface area contributed by atoms with Crippen LogP contribution in [0.4, 0.5) is 0 Å². The van der Waals surface area contributed by atoms with Crippen LogP contribution in [0.25, 0.3) is 0 Å². The van der Waals surface area contributed by atoms with Gasteiger partial charge >= 0.3 is 0 Å². The van der Waals surface area contributed by atoms with E-state index in [1.54, 1.807) is 7.11 Å². The first kappa shape index (κ1) is 16.4. The van der Waals surface area contributed by atoms with E-state index in [-0.39, 0.29) is 0 Å². The summed E-state index contributed by atoms with van der Waals surface area (Å²) in [6, 6.07) is 6.99. The second kappa shape index (κ2) is 6.83. The Bertz CT molecular complexity index is 457. The van der Waals surface area contributed by atoms with Gasteiger partial charge in [-0.2, -0.15) is 0 Å². The van der Waals surface area contributed by atoms with E-state index in [9.17, 15) is 0 Å². The van der Waals surface area contributed by atoms with Crippen molar-refractivity contribution in [2.75, 3.05) is 13.7 Å². The maximum absolute atomic E-state index is 5.34. The molecule has 118 valence electrons. The molecule has 1 saturated carbocycles. The summed E-state index contributed by atoms with van der Waals surface area (Å²) in [4.78, 5) is 0. The topological polar surface area (TPSA) is 21.3 Å². The molecule has 1 aliphatic rings. The minimum atomic E-state index is 0.483. The first-order valence-corrected chi connectivity index (χ1v) is 8.35. The minimum Gasteiger partial charge on any atom is -0.497 e. The molecule has 2 nitrogen and oxygen atoms in total. The van der Waals surface area contributed by atoms with Gasteiger partial charge in [-0.25, -0.2) is 0 Å². The van der Waals surface area contributed by atoms with Gasteiger partial charge in [-0.15, -0.1) is 0 Å². The molecule has 0 spiro atoms. The lowest BCUT2D eigenvalue weighted by atomic mass is 9.70. The molecule has 21 heavy (non-hydrogen) atoms. The van der Waals surface area contributed by atoms with Gasteiger partial charge in [0.15, 0.2) is 0 Å². The average molecular weight is 289 g/mol. The molecule has 1 aromatic carbocycles. The summed E-state index contributed by atoms with van der Waals surface area (Å²) in [6.45, 7) is 10.2. The van der Waals surface area contributed by atoms with Crippen molar-refractivity contribution in [1.29, 1.82) is 0 Å². The summed E-state index contributed by atoms with van der Waals surface area (Å²) in [5.74, 6) is 1.71. The Hall–Kier alpha value is -1.02. The van der Waals surface area contributed by atoms with Crippen LogP contribution < -0.4 is 10.1 Å². The first-order chi connectivity index (χ1) is 9.96. The third kappa shape index (κ3) is 4.00. The molecule has 0 saturated heterocycles. The molecule has 2 heteroatoms. The van der Waals surface area contributed by atoms with Gasteiger partial charge in [0.1, 0.15) is 5.75 Å². The van der Waals surface area contributed by atoms with Gasteiger partial charge in [0.25, 0.3) is 0 Å². The molecule has 1 unspecified atom stereocenters. The Kier molecular flexibility index (Phi) is 5.32. The molecule has 0 aromatic heterocycles. The fourth-order valence-corrected chi connectivity index (χ4v) is 3.63. The van der Waals surface area contributed by atoms with Gasteiger partial charge in [-0.05, 0) is 73.7 Å². The highest BCUT2D eigenvalue weighted by atomic mass is 16.5. The quantitative estimate of drug-likeness (QED) is 0.835. The van der Waals surface area contributed by atoms with E-state index in [0.29, 0.717) is 11.5 Å². The number of aryl methyl sites for hydroxylation is 1. The van der Waals surface area contributed by atoms with Crippen molar-refractivity contribution < 1.29 is 4.74 Å². The predicted molar refractivity (Wildman–Crippen MR) is 89.9 cm³/mol. The van der Waals surface area contributed by atoms with E-state index in [1.807, 2.05) is 0 Å². The standard InChI is InChI=1S/C19H31NO/c1-6-20-18(15-9-11-19(3,4)12-10-15)17-8-7-16(21-5)13-14(17)2/h7-8,13,15,18,20H,6,9-12H2,1-5H3. The normalized spacial score (nSPS) is 20.2. The van der Waals surface area contributed by atoms with Gasteiger partial charge in [-0.1, -0.05) is 26.8 Å². The van der Waals surface area contributed by atoms with E-state index >= 15 is 0 Å². The van der Waals surface area contributed by atoms with Crippen LogP contribution in [0.15, 0.2) is 18.2 Å². The van der Waals surface area contributed by atoms with Crippen molar-refractivity contribution in [2.45, 2.75) is 59.4 Å². The third-order valence-electron chi connectivity index (χ3n) is 5.09. The van der Waals surface area contributed by atoms with Gasteiger partial charge in [0.2, 0.25) is 0 Å². The van der Waals surface area contributed by atoms with Crippen molar-refractivity contribution in [3.8, 4) is 5.75 Å². The van der Waals surface area contributed by atoms with Crippen molar-refractivity contribution in [3.63, 3.8) is 0 Å². The number of nitrogens with one attached hydrogen (secondary N) is 1. The summed E-state index contributed by atoms with van der Waals surface area (Å²) >= 11 is 0. The Morgan fingerprint density at radius 3 is 2.48 bits per heavy atom. The van der Waals surface area contributed by atoms with Crippen LogP contribution in [-0.2, 0) is 0 Å². The van der Waals surface area contributed by atoms with Crippen molar-refractivity contribution >= 4 is 0 Å². The number of hydrogen-bond acceptors (Lipinski definition) is 2. The maximum Gasteiger partial charge on any atom is 0.119 e. The molecule has 1 fully saturated rings. The number of benzene rings is 1. The molecule has 0 bridgehead atoms. The minimum absolute atomic E-state index is 0.483. The third-order valence-corrected chi connectivity index (χ3v) is 5.09. The van der Waals surface area contributed by atoms with E-state index in [1.165, 1.54) is 36.8 Å². The Morgan fingerprint density at radius 2 is 1.95 bits per heavy atom. The zero-order chi connectivity index (χ0) is 15.5. The van der Waals surface area contributed by atoms with E-state index < -0.39 is 0 Å². The fourth-order valence-electron chi connectivity index (χ4n) is 3.63. The smallest absolute Gasteiger partial charge is 0.119 e. The highest BCUT2D eigenvalue weighted by Crippen LogP contribution is 2.43. The van der Waals surface area contributed by atoms with Crippen LogP contribution in [0.5, 0.6) is 5.75 Å². The Balaban J connectivity index is 2.19. The zero-order valence-corrected chi connectivity index (χ0v) is 14.3. The second-order valence-corrected chi connectivity index (χ2v) is 7.26. The number of ether oxygens (including phenoxy) is 1. The Morgan fingerprint density at radius 1 is 1.29 bits per heavy atom. The van der Waals surface area contributed by atoms with Crippen LogP contribution in [-0.4, -0.2) is 13.7 Å². The van der Waals surface area contributed by atoms with Crippen LogP contribution in [0, 0.1) is 18.3 Å². The van der Waals surface area contributed by atoms with Gasteiger partial charge in [0, 0.05) is 6.04 Å². The average Bonchev–Trinajstić information content (AvgIpc) is 2.45. The molecule has 2 rings (SSSR count). The van der Waals surface area contributed by atoms with E-state index in [0.717, 1.165) is 18.2 Å². The summed E-state index contributed by atoms with van der Waals surface area (Å²) in [6.07, 6.45) is 5.34. The molecule has 0 radical (unpaired) electrons. The van der Waals surface area contributed by atoms with E-state index in [4.69, 9.17) is 4.74 Å². The molecule has 0 aliphatic heterocycles. The van der Waals surface area contributed by atoms with E-state index in [2.05, 4.69) is 51.2 Å². The monoisotopic (exact) mass is 289 g/mol. The number of rotatable bonds is 5. The highest BCUT2D eigenvalue weighted by Gasteiger charge is 2.32. The second-order valence-electron chi connectivity index (χ2n) is 7.26. The first-order valence-electron chi connectivity index (χ1n) is 8.35. The summed E-state index contributed by atoms with van der Waals surface area (Å²) in [5.41, 5.74) is 3.31. The maximum atomic E-state index is 5.34. The fraction of sp³-hybridized carbons (Fsp3) is 0.684. The summed E-state index contributed by atoms with van der Waals surface area (Å²) in [7, 11) is 1.74. The van der Waals surface area contributed by atoms with Crippen molar-refractivity contribution in [1.82, 2.24) is 5.32 Å². The molecule has 1 N–H and O–H groups in total. The molecule has 0 heterocycles. The molecule has 1 aliphatic carbocycles. The zero-order valence-electron chi connectivity index (χ0n) is 14.3. The highest BCUT2D eigenvalue weighted by molar-refractivity contribution is 5.37. The van der Waals surface area contributed by atoms with Crippen molar-refractivity contribution in [2.24, 2.45) is 11.3 Å². The molecular formula is C19H31NO. The van der Waals surface area contributed by atoms with Crippen LogP contribution >= 0.6 is 0 Å². The van der Waals surface area contributed by atoms with Gasteiger partial charge in [-0.3, -0.25) is 0 Å². The van der Waals surface area contributed by atoms with Crippen LogP contribution in [0.1, 0.15) is 63.6 Å². The molecule has 1 atom stereocenters. The summed E-state index contributed by atoms with van der Waals surface area (Å²) in [5, 5.41) is 3.73. The molecule has 0 amide bonds. The van der Waals surface area contributed by atoms with Gasteiger partial charge in [0.05, 0.1) is 7.11 Å². The largest absolute Gasteiger partial charge is 0.497 e. The lowest BCUT2D eigenvalue weighted by Crippen LogP contribution is -2.33. The molecule has 1 aromatic rings. The van der Waals surface area contributed by atoms with Crippen LogP contribution in [0.3, 0.4) is 0 Å². The van der Waals surface area contributed by atoms with Crippen molar-refractivity contribution in [3.05, 3.63) is 29.3 Å². The summed E-state index contributed by atoms with van der Waals surface area (Å²) < 4.78 is 5.34. The number of hydrogen-bond donors (Lipinski definition) is 1. The lowest BCUT2D eigenvalue weighted by Gasteiger charge is -2.39. The Labute approximate surface area is 130 Å². The van der Waals surface area contributed by atoms with Gasteiger partial charge < -0.3 is 10.1 Å². The SMILES string of the molecule is CCNC(c1ccc(OC)cc1C)C1CCC(C)(C)CC1. The van der Waals surface area contributed by atoms with Crippen LogP contribution in [0.2, 0.25) is 0 Å². The number of methoxy groups -OCH3 is 1. The predicted octanol–water partition coefficient (Wildman–Crippen LogP) is 4.87. The molecular weight excluding hydrogens is 258 g/mol.